The molecule has 3 nitrogen and oxygen atoms in total. The molecule has 0 spiro atoms. The third-order valence-corrected chi connectivity index (χ3v) is 4.17. The molecule has 1 rings (SSSR count). The summed E-state index contributed by atoms with van der Waals surface area (Å²) in [5, 5.41) is 8.96. The van der Waals surface area contributed by atoms with E-state index in [-0.39, 0.29) is 18.6 Å². The zero-order chi connectivity index (χ0) is 11.3. The number of carbonyl (C=O) groups excluding carboxylic acids is 1. The van der Waals surface area contributed by atoms with Crippen molar-refractivity contribution in [2.75, 3.05) is 25.2 Å². The second-order valence-electron chi connectivity index (χ2n) is 4.30. The molecule has 15 heavy (non-hydrogen) atoms. The molecule has 1 heterocycles. The number of hydrogen-bond acceptors (Lipinski definition) is 3. The Kier molecular flexibility index (Phi) is 5.47. The standard InChI is InChI=1S/C11H21NO2S/c1-9(8-13)12(2)11(14)7-10-3-5-15-6-4-10/h9-10,13H,3-8H2,1-2H3. The topological polar surface area (TPSA) is 40.5 Å². The van der Waals surface area contributed by atoms with Gasteiger partial charge in [-0.15, -0.1) is 0 Å². The molecule has 1 aliphatic rings. The zero-order valence-electron chi connectivity index (χ0n) is 9.61. The zero-order valence-corrected chi connectivity index (χ0v) is 10.4. The number of aliphatic hydroxyl groups excluding tert-OH is 1. The number of hydrogen-bond donors (Lipinski definition) is 1. The Bertz CT molecular complexity index is 205. The van der Waals surface area contributed by atoms with Crippen LogP contribution in [-0.4, -0.2) is 47.1 Å². The highest BCUT2D eigenvalue weighted by Gasteiger charge is 2.21. The molecule has 0 aromatic carbocycles. The second-order valence-corrected chi connectivity index (χ2v) is 5.52. The van der Waals surface area contributed by atoms with E-state index in [9.17, 15) is 4.79 Å². The summed E-state index contributed by atoms with van der Waals surface area (Å²) in [6.45, 7) is 1.91. The molecule has 4 heteroatoms. The van der Waals surface area contributed by atoms with Crippen LogP contribution in [0.15, 0.2) is 0 Å². The van der Waals surface area contributed by atoms with Gasteiger partial charge in [0.15, 0.2) is 0 Å². The maximum absolute atomic E-state index is 11.8. The smallest absolute Gasteiger partial charge is 0.222 e. The summed E-state index contributed by atoms with van der Waals surface area (Å²) >= 11 is 1.98. The van der Waals surface area contributed by atoms with Gasteiger partial charge in [-0.1, -0.05) is 0 Å². The first-order chi connectivity index (χ1) is 7.15. The Morgan fingerprint density at radius 2 is 2.13 bits per heavy atom. The van der Waals surface area contributed by atoms with Crippen LogP contribution in [0.25, 0.3) is 0 Å². The lowest BCUT2D eigenvalue weighted by atomic mass is 9.98. The van der Waals surface area contributed by atoms with Crippen molar-refractivity contribution in [1.29, 1.82) is 0 Å². The van der Waals surface area contributed by atoms with Gasteiger partial charge in [-0.3, -0.25) is 4.79 Å². The quantitative estimate of drug-likeness (QED) is 0.794. The fourth-order valence-corrected chi connectivity index (χ4v) is 2.91. The summed E-state index contributed by atoms with van der Waals surface area (Å²) < 4.78 is 0. The van der Waals surface area contributed by atoms with E-state index in [0.29, 0.717) is 12.3 Å². The lowest BCUT2D eigenvalue weighted by Crippen LogP contribution is -2.38. The summed E-state index contributed by atoms with van der Waals surface area (Å²) in [6, 6.07) is -0.0598. The van der Waals surface area contributed by atoms with Gasteiger partial charge >= 0.3 is 0 Å². The van der Waals surface area contributed by atoms with Crippen LogP contribution in [0.5, 0.6) is 0 Å². The highest BCUT2D eigenvalue weighted by Crippen LogP contribution is 2.25. The van der Waals surface area contributed by atoms with E-state index in [4.69, 9.17) is 5.11 Å². The average molecular weight is 231 g/mol. The Hall–Kier alpha value is -0.220. The maximum atomic E-state index is 11.8. The van der Waals surface area contributed by atoms with E-state index in [2.05, 4.69) is 0 Å². The van der Waals surface area contributed by atoms with Crippen molar-refractivity contribution in [3.63, 3.8) is 0 Å². The van der Waals surface area contributed by atoms with E-state index in [1.807, 2.05) is 18.7 Å². The summed E-state index contributed by atoms with van der Waals surface area (Å²) in [4.78, 5) is 13.5. The molecule has 0 aliphatic carbocycles. The van der Waals surface area contributed by atoms with Crippen LogP contribution in [0, 0.1) is 5.92 Å². The minimum absolute atomic E-state index is 0.0444. The fourth-order valence-electron chi connectivity index (χ4n) is 1.71. The van der Waals surface area contributed by atoms with Crippen LogP contribution in [-0.2, 0) is 4.79 Å². The highest BCUT2D eigenvalue weighted by molar-refractivity contribution is 7.99. The largest absolute Gasteiger partial charge is 0.394 e. The molecule has 1 atom stereocenters. The number of nitrogens with zero attached hydrogens (tertiary/aromatic N) is 1. The number of likely N-dealkylation sites (N-methyl/N-ethyl adjacent to an activating group) is 1. The van der Waals surface area contributed by atoms with Crippen LogP contribution >= 0.6 is 11.8 Å². The van der Waals surface area contributed by atoms with Gasteiger partial charge in [0.1, 0.15) is 0 Å². The second kappa shape index (κ2) is 6.38. The Balaban J connectivity index is 2.33. The number of amides is 1. The molecule has 1 saturated heterocycles. The molecule has 1 aliphatic heterocycles. The predicted molar refractivity (Wildman–Crippen MR) is 64.0 cm³/mol. The monoisotopic (exact) mass is 231 g/mol. The van der Waals surface area contributed by atoms with Crippen LogP contribution in [0.4, 0.5) is 0 Å². The molecule has 88 valence electrons. The van der Waals surface area contributed by atoms with Crippen molar-refractivity contribution < 1.29 is 9.90 Å². The predicted octanol–water partition coefficient (Wildman–Crippen LogP) is 1.36. The van der Waals surface area contributed by atoms with Crippen molar-refractivity contribution in [2.24, 2.45) is 5.92 Å². The molecule has 0 aromatic heterocycles. The van der Waals surface area contributed by atoms with E-state index in [0.717, 1.165) is 12.8 Å². The number of carbonyl (C=O) groups is 1. The van der Waals surface area contributed by atoms with Gasteiger partial charge in [0.2, 0.25) is 5.91 Å². The van der Waals surface area contributed by atoms with Crippen LogP contribution in [0.1, 0.15) is 26.2 Å². The van der Waals surface area contributed by atoms with Gasteiger partial charge < -0.3 is 10.0 Å². The first-order valence-electron chi connectivity index (χ1n) is 5.59. The van der Waals surface area contributed by atoms with Crippen LogP contribution in [0.2, 0.25) is 0 Å². The first kappa shape index (κ1) is 12.8. The minimum Gasteiger partial charge on any atom is -0.394 e. The third-order valence-electron chi connectivity index (χ3n) is 3.12. The molecule has 0 radical (unpaired) electrons. The third kappa shape index (κ3) is 4.03. The van der Waals surface area contributed by atoms with Gasteiger partial charge in [0.25, 0.3) is 0 Å². The van der Waals surface area contributed by atoms with Gasteiger partial charge in [0.05, 0.1) is 12.6 Å². The van der Waals surface area contributed by atoms with Crippen molar-refractivity contribution in [3.05, 3.63) is 0 Å². The summed E-state index contributed by atoms with van der Waals surface area (Å²) in [5.74, 6) is 3.12. The van der Waals surface area contributed by atoms with E-state index >= 15 is 0 Å². The maximum Gasteiger partial charge on any atom is 0.222 e. The molecular formula is C11H21NO2S. The lowest BCUT2D eigenvalue weighted by Gasteiger charge is -2.27. The SMILES string of the molecule is CC(CO)N(C)C(=O)CC1CCSCC1. The van der Waals surface area contributed by atoms with Crippen LogP contribution in [0.3, 0.4) is 0 Å². The molecule has 1 N–H and O–H groups in total. The van der Waals surface area contributed by atoms with Crippen molar-refractivity contribution in [2.45, 2.75) is 32.2 Å². The number of thioether (sulfide) groups is 1. The molecule has 1 fully saturated rings. The molecule has 0 aromatic rings. The van der Waals surface area contributed by atoms with Crippen molar-refractivity contribution in [1.82, 2.24) is 4.90 Å². The van der Waals surface area contributed by atoms with Crippen molar-refractivity contribution >= 4 is 17.7 Å². The number of aliphatic hydroxyl groups is 1. The molecular weight excluding hydrogens is 210 g/mol. The fraction of sp³-hybridized carbons (Fsp3) is 0.909. The average Bonchev–Trinajstić information content (AvgIpc) is 2.28. The Morgan fingerprint density at radius 3 is 2.67 bits per heavy atom. The van der Waals surface area contributed by atoms with Crippen LogP contribution < -0.4 is 0 Å². The Morgan fingerprint density at radius 1 is 1.53 bits per heavy atom. The van der Waals surface area contributed by atoms with Gasteiger partial charge in [0, 0.05) is 13.5 Å². The van der Waals surface area contributed by atoms with Gasteiger partial charge in [-0.05, 0) is 37.2 Å². The number of rotatable bonds is 4. The summed E-state index contributed by atoms with van der Waals surface area (Å²) in [5.41, 5.74) is 0. The van der Waals surface area contributed by atoms with Gasteiger partial charge in [-0.2, -0.15) is 11.8 Å². The van der Waals surface area contributed by atoms with E-state index in [1.165, 1.54) is 11.5 Å². The molecule has 1 unspecified atom stereocenters. The molecule has 0 bridgehead atoms. The van der Waals surface area contributed by atoms with Gasteiger partial charge in [-0.25, -0.2) is 0 Å². The summed E-state index contributed by atoms with van der Waals surface area (Å²) in [6.07, 6.45) is 2.98. The van der Waals surface area contributed by atoms with E-state index in [1.54, 1.807) is 11.9 Å². The lowest BCUT2D eigenvalue weighted by molar-refractivity contribution is -0.133. The minimum atomic E-state index is -0.0598. The highest BCUT2D eigenvalue weighted by atomic mass is 32.2. The van der Waals surface area contributed by atoms with Crippen molar-refractivity contribution in [3.8, 4) is 0 Å². The van der Waals surface area contributed by atoms with E-state index < -0.39 is 0 Å². The summed E-state index contributed by atoms with van der Waals surface area (Å²) in [7, 11) is 1.78. The normalized spacial score (nSPS) is 19.9. The molecule has 1 amide bonds. The Labute approximate surface area is 96.2 Å². The molecule has 0 saturated carbocycles. The first-order valence-corrected chi connectivity index (χ1v) is 6.75.